The van der Waals surface area contributed by atoms with Crippen molar-refractivity contribution >= 4 is 5.91 Å². The highest BCUT2D eigenvalue weighted by Gasteiger charge is 2.42. The molecule has 0 saturated heterocycles. The minimum atomic E-state index is -0.231. The molecule has 0 spiro atoms. The van der Waals surface area contributed by atoms with Gasteiger partial charge in [0.2, 0.25) is 5.91 Å². The predicted molar refractivity (Wildman–Crippen MR) is 89.4 cm³/mol. The van der Waals surface area contributed by atoms with Gasteiger partial charge in [-0.05, 0) is 49.5 Å². The lowest BCUT2D eigenvalue weighted by atomic mass is 9.83. The van der Waals surface area contributed by atoms with Gasteiger partial charge in [-0.1, -0.05) is 36.8 Å². The second-order valence-corrected chi connectivity index (χ2v) is 7.37. The quantitative estimate of drug-likeness (QED) is 0.905. The molecule has 3 heteroatoms. The first-order chi connectivity index (χ1) is 10.6. The Morgan fingerprint density at radius 2 is 1.91 bits per heavy atom. The summed E-state index contributed by atoms with van der Waals surface area (Å²) in [5.74, 6) is 2.69. The van der Waals surface area contributed by atoms with E-state index in [0.717, 1.165) is 23.3 Å². The molecule has 22 heavy (non-hydrogen) atoms. The van der Waals surface area contributed by atoms with Crippen molar-refractivity contribution in [2.75, 3.05) is 14.1 Å². The van der Waals surface area contributed by atoms with Gasteiger partial charge in [0.15, 0.2) is 0 Å². The SMILES string of the molecule is C[C@H](N[C@@H](C(=O)N(C)C)c1ccccc1)[C@H]1C[C@H]2CC[C@H]1C2. The second-order valence-electron chi connectivity index (χ2n) is 7.37. The molecule has 120 valence electrons. The topological polar surface area (TPSA) is 32.3 Å². The van der Waals surface area contributed by atoms with Crippen LogP contribution in [0.5, 0.6) is 0 Å². The Labute approximate surface area is 134 Å². The van der Waals surface area contributed by atoms with Gasteiger partial charge in [-0.3, -0.25) is 10.1 Å². The van der Waals surface area contributed by atoms with Crippen LogP contribution in [-0.4, -0.2) is 30.9 Å². The Kier molecular flexibility index (Phi) is 4.53. The zero-order chi connectivity index (χ0) is 15.7. The molecule has 2 bridgehead atoms. The van der Waals surface area contributed by atoms with Crippen LogP contribution in [-0.2, 0) is 4.79 Å². The van der Waals surface area contributed by atoms with Crippen molar-refractivity contribution in [2.45, 2.75) is 44.7 Å². The van der Waals surface area contributed by atoms with Gasteiger partial charge in [0, 0.05) is 20.1 Å². The van der Waals surface area contributed by atoms with E-state index in [1.807, 2.05) is 44.4 Å². The maximum atomic E-state index is 12.6. The standard InChI is InChI=1S/C19H28N2O/c1-13(17-12-14-9-10-16(17)11-14)20-18(19(22)21(2)3)15-7-5-4-6-8-15/h4-8,13-14,16-18,20H,9-12H2,1-3H3/t13-,14-,16-,17+,18+/m0/s1. The number of benzene rings is 1. The molecule has 2 fully saturated rings. The van der Waals surface area contributed by atoms with Crippen LogP contribution in [0.2, 0.25) is 0 Å². The summed E-state index contributed by atoms with van der Waals surface area (Å²) in [5.41, 5.74) is 1.07. The van der Waals surface area contributed by atoms with Crippen molar-refractivity contribution in [3.63, 3.8) is 0 Å². The number of carbonyl (C=O) groups is 1. The summed E-state index contributed by atoms with van der Waals surface area (Å²) in [6, 6.07) is 10.3. The number of carbonyl (C=O) groups excluding carboxylic acids is 1. The molecule has 0 aromatic heterocycles. The molecule has 3 nitrogen and oxygen atoms in total. The number of nitrogens with one attached hydrogen (secondary N) is 1. The molecular formula is C19H28N2O. The third-order valence-corrected chi connectivity index (χ3v) is 5.69. The number of nitrogens with zero attached hydrogens (tertiary/aromatic N) is 1. The molecule has 1 aromatic carbocycles. The normalized spacial score (nSPS) is 29.3. The number of hydrogen-bond acceptors (Lipinski definition) is 2. The molecule has 1 aromatic rings. The molecule has 2 aliphatic rings. The van der Waals surface area contributed by atoms with Crippen molar-refractivity contribution in [3.05, 3.63) is 35.9 Å². The predicted octanol–water partition coefficient (Wildman–Crippen LogP) is 3.23. The van der Waals surface area contributed by atoms with E-state index >= 15 is 0 Å². The third-order valence-electron chi connectivity index (χ3n) is 5.69. The lowest BCUT2D eigenvalue weighted by Gasteiger charge is -2.32. The van der Waals surface area contributed by atoms with Crippen LogP contribution < -0.4 is 5.32 Å². The zero-order valence-corrected chi connectivity index (χ0v) is 14.0. The summed E-state index contributed by atoms with van der Waals surface area (Å²) >= 11 is 0. The van der Waals surface area contributed by atoms with Crippen molar-refractivity contribution in [1.29, 1.82) is 0 Å². The molecule has 0 unspecified atom stereocenters. The molecule has 0 aliphatic heterocycles. The summed E-state index contributed by atoms with van der Waals surface area (Å²) in [6.45, 7) is 2.27. The molecule has 0 heterocycles. The van der Waals surface area contributed by atoms with Crippen LogP contribution in [0.1, 0.15) is 44.2 Å². The van der Waals surface area contributed by atoms with E-state index in [1.54, 1.807) is 4.90 Å². The summed E-state index contributed by atoms with van der Waals surface area (Å²) in [6.07, 6.45) is 5.57. The van der Waals surface area contributed by atoms with Gasteiger partial charge < -0.3 is 4.90 Å². The monoisotopic (exact) mass is 300 g/mol. The number of likely N-dealkylation sites (N-methyl/N-ethyl adjacent to an activating group) is 1. The first kappa shape index (κ1) is 15.5. The summed E-state index contributed by atoms with van der Waals surface area (Å²) in [7, 11) is 3.67. The van der Waals surface area contributed by atoms with E-state index in [0.29, 0.717) is 6.04 Å². The molecule has 2 saturated carbocycles. The highest BCUT2D eigenvalue weighted by Crippen LogP contribution is 2.49. The van der Waals surface area contributed by atoms with Crippen LogP contribution in [0.3, 0.4) is 0 Å². The van der Waals surface area contributed by atoms with Gasteiger partial charge >= 0.3 is 0 Å². The summed E-state index contributed by atoms with van der Waals surface area (Å²) < 4.78 is 0. The molecule has 5 atom stereocenters. The van der Waals surface area contributed by atoms with Crippen LogP contribution in [0.15, 0.2) is 30.3 Å². The lowest BCUT2D eigenvalue weighted by Crippen LogP contribution is -2.44. The van der Waals surface area contributed by atoms with E-state index in [1.165, 1.54) is 25.7 Å². The maximum absolute atomic E-state index is 12.6. The van der Waals surface area contributed by atoms with E-state index in [4.69, 9.17) is 0 Å². The molecule has 2 aliphatic carbocycles. The maximum Gasteiger partial charge on any atom is 0.243 e. The first-order valence-electron chi connectivity index (χ1n) is 8.58. The largest absolute Gasteiger partial charge is 0.347 e. The fourth-order valence-corrected chi connectivity index (χ4v) is 4.51. The molecule has 3 rings (SSSR count). The summed E-state index contributed by atoms with van der Waals surface area (Å²) in [4.78, 5) is 14.3. The Morgan fingerprint density at radius 3 is 2.45 bits per heavy atom. The lowest BCUT2D eigenvalue weighted by molar-refractivity contribution is -0.131. The van der Waals surface area contributed by atoms with E-state index in [2.05, 4.69) is 12.2 Å². The second kappa shape index (κ2) is 6.41. The third kappa shape index (κ3) is 3.05. The van der Waals surface area contributed by atoms with Crippen molar-refractivity contribution < 1.29 is 4.79 Å². The van der Waals surface area contributed by atoms with Gasteiger partial charge in [0.05, 0.1) is 0 Å². The smallest absolute Gasteiger partial charge is 0.243 e. The highest BCUT2D eigenvalue weighted by molar-refractivity contribution is 5.82. The van der Waals surface area contributed by atoms with Gasteiger partial charge in [0.1, 0.15) is 6.04 Å². The number of fused-ring (bicyclic) bond motifs is 2. The number of hydrogen-bond donors (Lipinski definition) is 1. The minimum absolute atomic E-state index is 0.140. The average molecular weight is 300 g/mol. The molecular weight excluding hydrogens is 272 g/mol. The van der Waals surface area contributed by atoms with Gasteiger partial charge in [-0.2, -0.15) is 0 Å². The average Bonchev–Trinajstić information content (AvgIpc) is 3.15. The highest BCUT2D eigenvalue weighted by atomic mass is 16.2. The molecule has 1 amide bonds. The van der Waals surface area contributed by atoms with Crippen LogP contribution in [0, 0.1) is 17.8 Å². The first-order valence-corrected chi connectivity index (χ1v) is 8.58. The minimum Gasteiger partial charge on any atom is -0.347 e. The summed E-state index contributed by atoms with van der Waals surface area (Å²) in [5, 5.41) is 3.65. The Morgan fingerprint density at radius 1 is 1.18 bits per heavy atom. The Bertz CT molecular complexity index is 513. The van der Waals surface area contributed by atoms with Crippen LogP contribution in [0.4, 0.5) is 0 Å². The number of rotatable bonds is 5. The Balaban J connectivity index is 1.74. The van der Waals surface area contributed by atoms with Gasteiger partial charge in [0.25, 0.3) is 0 Å². The van der Waals surface area contributed by atoms with Crippen molar-refractivity contribution in [2.24, 2.45) is 17.8 Å². The Hall–Kier alpha value is -1.35. The van der Waals surface area contributed by atoms with Gasteiger partial charge in [-0.15, -0.1) is 0 Å². The van der Waals surface area contributed by atoms with Crippen LogP contribution in [0.25, 0.3) is 0 Å². The fraction of sp³-hybridized carbons (Fsp3) is 0.632. The van der Waals surface area contributed by atoms with E-state index in [-0.39, 0.29) is 11.9 Å². The van der Waals surface area contributed by atoms with Gasteiger partial charge in [-0.25, -0.2) is 0 Å². The van der Waals surface area contributed by atoms with Crippen molar-refractivity contribution in [3.8, 4) is 0 Å². The molecule has 1 N–H and O–H groups in total. The van der Waals surface area contributed by atoms with Crippen LogP contribution >= 0.6 is 0 Å². The van der Waals surface area contributed by atoms with E-state index < -0.39 is 0 Å². The van der Waals surface area contributed by atoms with E-state index in [9.17, 15) is 4.79 Å². The number of amides is 1. The van der Waals surface area contributed by atoms with Crippen molar-refractivity contribution in [1.82, 2.24) is 10.2 Å². The fourth-order valence-electron chi connectivity index (χ4n) is 4.51. The zero-order valence-electron chi connectivity index (χ0n) is 14.0. The molecule has 0 radical (unpaired) electrons.